The van der Waals surface area contributed by atoms with Crippen LogP contribution in [0.15, 0.2) is 24.3 Å². The minimum atomic E-state index is -0.0795. The van der Waals surface area contributed by atoms with Gasteiger partial charge in [-0.15, -0.1) is 6.42 Å². The van der Waals surface area contributed by atoms with Crippen LogP contribution in [0.25, 0.3) is 0 Å². The average Bonchev–Trinajstić information content (AvgIpc) is 2.35. The van der Waals surface area contributed by atoms with Gasteiger partial charge in [0.25, 0.3) is 0 Å². The van der Waals surface area contributed by atoms with Crippen LogP contribution in [-0.4, -0.2) is 26.2 Å². The van der Waals surface area contributed by atoms with Crippen LogP contribution in [0.2, 0.25) is 0 Å². The van der Waals surface area contributed by atoms with E-state index in [2.05, 4.69) is 11.2 Å². The number of methoxy groups -OCH3 is 1. The van der Waals surface area contributed by atoms with Crippen LogP contribution < -0.4 is 10.1 Å². The molecule has 1 rings (SSSR count). The number of terminal acetylenes is 1. The molecule has 0 aromatic heterocycles. The maximum atomic E-state index is 11.4. The van der Waals surface area contributed by atoms with Crippen molar-refractivity contribution in [1.82, 2.24) is 0 Å². The Morgan fingerprint density at radius 1 is 1.41 bits per heavy atom. The third-order valence-electron chi connectivity index (χ3n) is 1.99. The van der Waals surface area contributed by atoms with Crippen molar-refractivity contribution in [1.29, 1.82) is 0 Å². The van der Waals surface area contributed by atoms with Crippen LogP contribution in [0.4, 0.5) is 5.69 Å². The van der Waals surface area contributed by atoms with Crippen molar-refractivity contribution in [3.63, 3.8) is 0 Å². The topological polar surface area (TPSA) is 47.6 Å². The number of ether oxygens (including phenoxy) is 2. The third-order valence-corrected chi connectivity index (χ3v) is 1.99. The number of anilines is 1. The molecule has 1 aromatic carbocycles. The standard InChI is InChI=1S/C13H15NO3/c1-3-9-17-12-6-4-11(5-7-12)14-13(15)8-10-16-2/h1,4-7H,8-10H2,2H3,(H,14,15). The van der Waals surface area contributed by atoms with Crippen molar-refractivity contribution < 1.29 is 14.3 Å². The van der Waals surface area contributed by atoms with E-state index in [1.54, 1.807) is 31.4 Å². The van der Waals surface area contributed by atoms with E-state index in [1.165, 1.54) is 0 Å². The number of carbonyl (C=O) groups excluding carboxylic acids is 1. The van der Waals surface area contributed by atoms with E-state index in [-0.39, 0.29) is 12.5 Å². The van der Waals surface area contributed by atoms with Gasteiger partial charge < -0.3 is 14.8 Å². The molecule has 90 valence electrons. The molecule has 0 saturated carbocycles. The number of rotatable bonds is 6. The van der Waals surface area contributed by atoms with Crippen LogP contribution in [-0.2, 0) is 9.53 Å². The van der Waals surface area contributed by atoms with Crippen LogP contribution in [0.1, 0.15) is 6.42 Å². The zero-order valence-electron chi connectivity index (χ0n) is 9.73. The van der Waals surface area contributed by atoms with Gasteiger partial charge in [-0.05, 0) is 24.3 Å². The van der Waals surface area contributed by atoms with E-state index >= 15 is 0 Å². The van der Waals surface area contributed by atoms with E-state index in [1.807, 2.05) is 0 Å². The summed E-state index contributed by atoms with van der Waals surface area (Å²) in [5.74, 6) is 2.98. The molecule has 4 nitrogen and oxygen atoms in total. The van der Waals surface area contributed by atoms with E-state index in [0.29, 0.717) is 18.8 Å². The Kier molecular flexibility index (Phi) is 5.62. The lowest BCUT2D eigenvalue weighted by atomic mass is 10.3. The number of benzene rings is 1. The van der Waals surface area contributed by atoms with Crippen molar-refractivity contribution in [3.8, 4) is 18.1 Å². The summed E-state index contributed by atoms with van der Waals surface area (Å²) in [6, 6.07) is 7.03. The van der Waals surface area contributed by atoms with Gasteiger partial charge in [-0.2, -0.15) is 0 Å². The van der Waals surface area contributed by atoms with Gasteiger partial charge in [-0.1, -0.05) is 5.92 Å². The van der Waals surface area contributed by atoms with E-state index in [4.69, 9.17) is 15.9 Å². The number of nitrogens with one attached hydrogen (secondary N) is 1. The molecule has 1 aromatic rings. The van der Waals surface area contributed by atoms with Crippen molar-refractivity contribution in [3.05, 3.63) is 24.3 Å². The first-order valence-electron chi connectivity index (χ1n) is 5.21. The lowest BCUT2D eigenvalue weighted by Crippen LogP contribution is -2.13. The predicted octanol–water partition coefficient (Wildman–Crippen LogP) is 1.67. The van der Waals surface area contributed by atoms with Gasteiger partial charge in [0.2, 0.25) is 5.91 Å². The fourth-order valence-corrected chi connectivity index (χ4v) is 1.18. The molecule has 0 aliphatic rings. The highest BCUT2D eigenvalue weighted by molar-refractivity contribution is 5.90. The summed E-state index contributed by atoms with van der Waals surface area (Å²) in [5.41, 5.74) is 0.721. The normalized spacial score (nSPS) is 9.41. The fourth-order valence-electron chi connectivity index (χ4n) is 1.18. The zero-order valence-corrected chi connectivity index (χ0v) is 9.73. The number of amides is 1. The van der Waals surface area contributed by atoms with Gasteiger partial charge in [0.15, 0.2) is 0 Å². The monoisotopic (exact) mass is 233 g/mol. The maximum Gasteiger partial charge on any atom is 0.226 e. The predicted molar refractivity (Wildman–Crippen MR) is 65.9 cm³/mol. The van der Waals surface area contributed by atoms with Gasteiger partial charge in [0.05, 0.1) is 13.0 Å². The smallest absolute Gasteiger partial charge is 0.226 e. The number of hydrogen-bond donors (Lipinski definition) is 1. The minimum Gasteiger partial charge on any atom is -0.481 e. The van der Waals surface area contributed by atoms with Gasteiger partial charge >= 0.3 is 0 Å². The van der Waals surface area contributed by atoms with Gasteiger partial charge in [-0.3, -0.25) is 4.79 Å². The molecule has 0 fully saturated rings. The molecule has 0 bridgehead atoms. The number of carbonyl (C=O) groups is 1. The van der Waals surface area contributed by atoms with E-state index in [0.717, 1.165) is 5.69 Å². The molecule has 1 amide bonds. The van der Waals surface area contributed by atoms with Crippen LogP contribution in [0, 0.1) is 12.3 Å². The molecule has 0 atom stereocenters. The fraction of sp³-hybridized carbons (Fsp3) is 0.308. The molecule has 0 aliphatic heterocycles. The summed E-state index contributed by atoms with van der Waals surface area (Å²) in [5, 5.41) is 2.75. The highest BCUT2D eigenvalue weighted by atomic mass is 16.5. The summed E-state index contributed by atoms with van der Waals surface area (Å²) < 4.78 is 10.0. The second-order valence-electron chi connectivity index (χ2n) is 3.31. The molecular weight excluding hydrogens is 218 g/mol. The van der Waals surface area contributed by atoms with E-state index in [9.17, 15) is 4.79 Å². The van der Waals surface area contributed by atoms with Crippen molar-refractivity contribution in [2.75, 3.05) is 25.6 Å². The Labute approximate surface area is 101 Å². The summed E-state index contributed by atoms with van der Waals surface area (Å²) >= 11 is 0. The molecular formula is C13H15NO3. The zero-order chi connectivity index (χ0) is 12.5. The van der Waals surface area contributed by atoms with Crippen LogP contribution in [0.3, 0.4) is 0 Å². The summed E-state index contributed by atoms with van der Waals surface area (Å²) in [7, 11) is 1.56. The lowest BCUT2D eigenvalue weighted by molar-refractivity contribution is -0.117. The van der Waals surface area contributed by atoms with Gasteiger partial charge in [0.1, 0.15) is 12.4 Å². The van der Waals surface area contributed by atoms with Gasteiger partial charge in [0, 0.05) is 12.8 Å². The lowest BCUT2D eigenvalue weighted by Gasteiger charge is -2.06. The number of hydrogen-bond acceptors (Lipinski definition) is 3. The summed E-state index contributed by atoms with van der Waals surface area (Å²) in [6.07, 6.45) is 5.41. The molecule has 0 heterocycles. The van der Waals surface area contributed by atoms with Crippen molar-refractivity contribution >= 4 is 11.6 Å². The molecule has 1 N–H and O–H groups in total. The highest BCUT2D eigenvalue weighted by Crippen LogP contribution is 2.15. The second-order valence-corrected chi connectivity index (χ2v) is 3.31. The minimum absolute atomic E-state index is 0.0795. The molecule has 0 aliphatic carbocycles. The molecule has 17 heavy (non-hydrogen) atoms. The summed E-state index contributed by atoms with van der Waals surface area (Å²) in [6.45, 7) is 0.648. The molecule has 0 spiro atoms. The van der Waals surface area contributed by atoms with Crippen LogP contribution >= 0.6 is 0 Å². The Bertz CT molecular complexity index is 392. The molecule has 0 unspecified atom stereocenters. The first kappa shape index (κ1) is 13.1. The quantitative estimate of drug-likeness (QED) is 0.760. The first-order valence-corrected chi connectivity index (χ1v) is 5.21. The Balaban J connectivity index is 2.45. The first-order chi connectivity index (χ1) is 8.26. The Morgan fingerprint density at radius 2 is 2.12 bits per heavy atom. The largest absolute Gasteiger partial charge is 0.481 e. The summed E-state index contributed by atoms with van der Waals surface area (Å²) in [4.78, 5) is 11.4. The SMILES string of the molecule is C#CCOc1ccc(NC(=O)CCOC)cc1. The van der Waals surface area contributed by atoms with Crippen molar-refractivity contribution in [2.24, 2.45) is 0 Å². The molecule has 0 radical (unpaired) electrons. The highest BCUT2D eigenvalue weighted by Gasteiger charge is 2.01. The molecule has 0 saturated heterocycles. The molecule has 4 heteroatoms. The van der Waals surface area contributed by atoms with E-state index < -0.39 is 0 Å². The second kappa shape index (κ2) is 7.31. The van der Waals surface area contributed by atoms with Crippen molar-refractivity contribution in [2.45, 2.75) is 6.42 Å². The average molecular weight is 233 g/mol. The van der Waals surface area contributed by atoms with Gasteiger partial charge in [-0.25, -0.2) is 0 Å². The maximum absolute atomic E-state index is 11.4. The van der Waals surface area contributed by atoms with Crippen LogP contribution in [0.5, 0.6) is 5.75 Å². The Morgan fingerprint density at radius 3 is 2.71 bits per heavy atom. The third kappa shape index (κ3) is 5.05. The Hall–Kier alpha value is -1.99.